The molecule has 2 N–H and O–H groups in total. The predicted molar refractivity (Wildman–Crippen MR) is 99.4 cm³/mol. The van der Waals surface area contributed by atoms with E-state index in [-0.39, 0.29) is 17.8 Å². The number of halogens is 1. The molecular weight excluding hydrogens is 315 g/mol. The summed E-state index contributed by atoms with van der Waals surface area (Å²) in [7, 11) is 4.10. The number of nitrogens with zero attached hydrogens (tertiary/aromatic N) is 2. The van der Waals surface area contributed by atoms with Gasteiger partial charge < -0.3 is 15.5 Å². The Kier molecular flexibility index (Phi) is 4.67. The smallest absolute Gasteiger partial charge is 0.191 e. The highest BCUT2D eigenvalue weighted by atomic mass is 19.1. The van der Waals surface area contributed by atoms with Crippen LogP contribution in [0, 0.1) is 5.82 Å². The van der Waals surface area contributed by atoms with Crippen molar-refractivity contribution in [1.82, 2.24) is 15.5 Å². The molecule has 2 heterocycles. The normalized spacial score (nSPS) is 35.3. The molecule has 0 spiro atoms. The molecule has 0 radical (unpaired) electrons. The quantitative estimate of drug-likeness (QED) is 0.654. The number of benzene rings is 1. The summed E-state index contributed by atoms with van der Waals surface area (Å²) >= 11 is 0. The minimum Gasteiger partial charge on any atom is -0.354 e. The average molecular weight is 344 g/mol. The summed E-state index contributed by atoms with van der Waals surface area (Å²) < 4.78 is 13.9. The maximum Gasteiger partial charge on any atom is 0.191 e. The second-order valence-electron chi connectivity index (χ2n) is 7.90. The number of fused-ring (bicyclic) bond motifs is 2. The van der Waals surface area contributed by atoms with Crippen LogP contribution < -0.4 is 10.6 Å². The minimum atomic E-state index is -0.0945. The first kappa shape index (κ1) is 16.8. The first-order valence-electron chi connectivity index (χ1n) is 9.62. The predicted octanol–water partition coefficient (Wildman–Crippen LogP) is 2.86. The van der Waals surface area contributed by atoms with Crippen LogP contribution in [0.2, 0.25) is 0 Å². The molecular formula is C20H29FN4. The Bertz CT molecular complexity index is 632. The molecule has 4 unspecified atom stereocenters. The first-order chi connectivity index (χ1) is 12.2. The summed E-state index contributed by atoms with van der Waals surface area (Å²) in [5.74, 6) is 1.04. The number of nitrogens with one attached hydrogen (secondary N) is 2. The molecule has 3 fully saturated rings. The van der Waals surface area contributed by atoms with Crippen molar-refractivity contribution in [3.63, 3.8) is 0 Å². The van der Waals surface area contributed by atoms with Crippen LogP contribution in [0.4, 0.5) is 4.39 Å². The molecule has 4 atom stereocenters. The Morgan fingerprint density at radius 1 is 1.12 bits per heavy atom. The van der Waals surface area contributed by atoms with Crippen LogP contribution in [0.15, 0.2) is 29.3 Å². The van der Waals surface area contributed by atoms with Crippen LogP contribution >= 0.6 is 0 Å². The van der Waals surface area contributed by atoms with Gasteiger partial charge in [0, 0.05) is 37.1 Å². The van der Waals surface area contributed by atoms with Crippen molar-refractivity contribution in [2.45, 2.75) is 68.6 Å². The van der Waals surface area contributed by atoms with Gasteiger partial charge in [-0.25, -0.2) is 4.39 Å². The SMILES string of the molecule is CN=C(NC1CC2CCCC(C1)N2C)NC1CC1c1ccccc1F. The standard InChI is InChI=1S/C20H29FN4/c1-22-20(23-13-10-14-6-5-7-15(11-13)25(14)2)24-19-12-17(19)16-8-3-4-9-18(16)21/h3-4,8-9,13-15,17,19H,5-7,10-12H2,1-2H3,(H2,22,23,24). The van der Waals surface area contributed by atoms with Gasteiger partial charge in [-0.3, -0.25) is 4.99 Å². The summed E-state index contributed by atoms with van der Waals surface area (Å²) in [6.07, 6.45) is 7.35. The fraction of sp³-hybridized carbons (Fsp3) is 0.650. The van der Waals surface area contributed by atoms with Gasteiger partial charge in [-0.05, 0) is 50.8 Å². The van der Waals surface area contributed by atoms with E-state index in [0.717, 1.165) is 17.9 Å². The zero-order chi connectivity index (χ0) is 17.4. The van der Waals surface area contributed by atoms with Crippen molar-refractivity contribution in [3.05, 3.63) is 35.6 Å². The van der Waals surface area contributed by atoms with E-state index in [1.54, 1.807) is 12.1 Å². The average Bonchev–Trinajstić information content (AvgIpc) is 3.34. The summed E-state index contributed by atoms with van der Waals surface area (Å²) in [5, 5.41) is 7.13. The van der Waals surface area contributed by atoms with Crippen molar-refractivity contribution in [2.75, 3.05) is 14.1 Å². The van der Waals surface area contributed by atoms with Gasteiger partial charge in [0.15, 0.2) is 5.96 Å². The third-order valence-electron chi connectivity index (χ3n) is 6.32. The third kappa shape index (κ3) is 3.52. The van der Waals surface area contributed by atoms with Gasteiger partial charge in [0.05, 0.1) is 0 Å². The topological polar surface area (TPSA) is 39.7 Å². The fourth-order valence-electron chi connectivity index (χ4n) is 4.75. The van der Waals surface area contributed by atoms with Crippen molar-refractivity contribution >= 4 is 5.96 Å². The summed E-state index contributed by atoms with van der Waals surface area (Å²) in [4.78, 5) is 6.99. The van der Waals surface area contributed by atoms with E-state index in [0.29, 0.717) is 18.1 Å². The highest BCUT2D eigenvalue weighted by Crippen LogP contribution is 2.41. The van der Waals surface area contributed by atoms with E-state index in [4.69, 9.17) is 0 Å². The summed E-state index contributed by atoms with van der Waals surface area (Å²) in [6, 6.07) is 9.30. The van der Waals surface area contributed by atoms with Crippen molar-refractivity contribution < 1.29 is 4.39 Å². The molecule has 3 aliphatic rings. The highest BCUT2D eigenvalue weighted by molar-refractivity contribution is 5.80. The number of hydrogen-bond acceptors (Lipinski definition) is 2. The van der Waals surface area contributed by atoms with Crippen LogP contribution in [0.5, 0.6) is 0 Å². The largest absolute Gasteiger partial charge is 0.354 e. The van der Waals surface area contributed by atoms with E-state index in [1.807, 2.05) is 19.2 Å². The molecule has 1 saturated carbocycles. The van der Waals surface area contributed by atoms with Crippen molar-refractivity contribution in [1.29, 1.82) is 0 Å². The van der Waals surface area contributed by atoms with Gasteiger partial charge in [0.1, 0.15) is 5.82 Å². The molecule has 4 rings (SSSR count). The zero-order valence-corrected chi connectivity index (χ0v) is 15.2. The van der Waals surface area contributed by atoms with Gasteiger partial charge in [0.25, 0.3) is 0 Å². The molecule has 2 bridgehead atoms. The van der Waals surface area contributed by atoms with Gasteiger partial charge in [0.2, 0.25) is 0 Å². The second-order valence-corrected chi connectivity index (χ2v) is 7.90. The van der Waals surface area contributed by atoms with E-state index in [1.165, 1.54) is 32.1 Å². The molecule has 5 heteroatoms. The van der Waals surface area contributed by atoms with Gasteiger partial charge in [-0.1, -0.05) is 24.6 Å². The number of rotatable bonds is 3. The Labute approximate surface area is 149 Å². The fourth-order valence-corrected chi connectivity index (χ4v) is 4.75. The Hall–Kier alpha value is -1.62. The van der Waals surface area contributed by atoms with E-state index < -0.39 is 0 Å². The first-order valence-corrected chi connectivity index (χ1v) is 9.62. The lowest BCUT2D eigenvalue weighted by atomic mass is 9.82. The lowest BCUT2D eigenvalue weighted by Crippen LogP contribution is -2.56. The molecule has 2 saturated heterocycles. The molecule has 136 valence electrons. The molecule has 1 aromatic carbocycles. The van der Waals surface area contributed by atoms with Crippen LogP contribution in [0.3, 0.4) is 0 Å². The number of piperidine rings is 2. The lowest BCUT2D eigenvalue weighted by molar-refractivity contribution is 0.0526. The molecule has 1 aliphatic carbocycles. The number of hydrogen-bond donors (Lipinski definition) is 2. The summed E-state index contributed by atoms with van der Waals surface area (Å²) in [5.41, 5.74) is 0.823. The minimum absolute atomic E-state index is 0.0945. The maximum absolute atomic E-state index is 13.9. The Morgan fingerprint density at radius 3 is 2.52 bits per heavy atom. The summed E-state index contributed by atoms with van der Waals surface area (Å²) in [6.45, 7) is 0. The van der Waals surface area contributed by atoms with Gasteiger partial charge in [-0.2, -0.15) is 0 Å². The molecule has 1 aromatic rings. The van der Waals surface area contributed by atoms with Crippen LogP contribution in [0.25, 0.3) is 0 Å². The van der Waals surface area contributed by atoms with E-state index in [9.17, 15) is 4.39 Å². The van der Waals surface area contributed by atoms with Crippen LogP contribution in [-0.4, -0.2) is 49.1 Å². The molecule has 0 aromatic heterocycles. The molecule has 0 amide bonds. The van der Waals surface area contributed by atoms with Crippen molar-refractivity contribution in [2.24, 2.45) is 4.99 Å². The number of guanidine groups is 1. The van der Waals surface area contributed by atoms with Crippen LogP contribution in [0.1, 0.15) is 50.0 Å². The Balaban J connectivity index is 1.33. The van der Waals surface area contributed by atoms with Gasteiger partial charge in [-0.15, -0.1) is 0 Å². The monoisotopic (exact) mass is 344 g/mol. The lowest BCUT2D eigenvalue weighted by Gasteiger charge is -2.47. The highest BCUT2D eigenvalue weighted by Gasteiger charge is 2.41. The Morgan fingerprint density at radius 2 is 1.84 bits per heavy atom. The molecule has 4 nitrogen and oxygen atoms in total. The van der Waals surface area contributed by atoms with Crippen molar-refractivity contribution in [3.8, 4) is 0 Å². The third-order valence-corrected chi connectivity index (χ3v) is 6.32. The van der Waals surface area contributed by atoms with Gasteiger partial charge >= 0.3 is 0 Å². The maximum atomic E-state index is 13.9. The van der Waals surface area contributed by atoms with E-state index in [2.05, 4.69) is 27.6 Å². The molecule has 2 aliphatic heterocycles. The van der Waals surface area contributed by atoms with E-state index >= 15 is 0 Å². The molecule has 25 heavy (non-hydrogen) atoms. The zero-order valence-electron chi connectivity index (χ0n) is 15.2. The number of aliphatic imine (C=N–C) groups is 1. The van der Waals surface area contributed by atoms with Crippen LogP contribution in [-0.2, 0) is 0 Å². The second kappa shape index (κ2) is 6.94.